The maximum Gasteiger partial charge on any atom is 0.120 e. The van der Waals surface area contributed by atoms with Crippen molar-refractivity contribution in [3.63, 3.8) is 0 Å². The summed E-state index contributed by atoms with van der Waals surface area (Å²) in [6, 6.07) is 17.9. The van der Waals surface area contributed by atoms with E-state index < -0.39 is 0 Å². The summed E-state index contributed by atoms with van der Waals surface area (Å²) in [7, 11) is 0. The summed E-state index contributed by atoms with van der Waals surface area (Å²) in [6.45, 7) is 11.8. The molecule has 0 aliphatic rings. The Balaban J connectivity index is 1.95. The van der Waals surface area contributed by atoms with Crippen molar-refractivity contribution in [3.05, 3.63) is 77.4 Å². The SMILES string of the molecule is CCCN(C/C=C/C#CC(C)(C)C)Cc1cccc(OCc2cccc(C#N)c2)c1. The molecule has 30 heavy (non-hydrogen) atoms. The fourth-order valence-corrected chi connectivity index (χ4v) is 2.96. The molecule has 0 atom stereocenters. The van der Waals surface area contributed by atoms with Gasteiger partial charge in [-0.15, -0.1) is 0 Å². The zero-order chi connectivity index (χ0) is 21.8. The third-order valence-electron chi connectivity index (χ3n) is 4.32. The predicted octanol–water partition coefficient (Wildman–Crippen LogP) is 5.95. The quantitative estimate of drug-likeness (QED) is 0.488. The molecule has 0 aliphatic heterocycles. The molecule has 0 unspecified atom stereocenters. The lowest BCUT2D eigenvalue weighted by Gasteiger charge is -2.20. The summed E-state index contributed by atoms with van der Waals surface area (Å²) in [5, 5.41) is 9.03. The third kappa shape index (κ3) is 8.99. The van der Waals surface area contributed by atoms with Gasteiger partial charge in [0, 0.05) is 18.5 Å². The van der Waals surface area contributed by atoms with Crippen LogP contribution in [0.1, 0.15) is 50.8 Å². The summed E-state index contributed by atoms with van der Waals surface area (Å²) in [4.78, 5) is 2.41. The number of nitriles is 1. The van der Waals surface area contributed by atoms with Crippen molar-refractivity contribution in [2.75, 3.05) is 13.1 Å². The molecule has 0 fully saturated rings. The summed E-state index contributed by atoms with van der Waals surface area (Å²) in [5.41, 5.74) is 2.90. The van der Waals surface area contributed by atoms with Crippen LogP contribution in [0.4, 0.5) is 0 Å². The topological polar surface area (TPSA) is 36.3 Å². The first-order chi connectivity index (χ1) is 14.4. The van der Waals surface area contributed by atoms with Crippen LogP contribution in [-0.2, 0) is 13.2 Å². The van der Waals surface area contributed by atoms with Gasteiger partial charge >= 0.3 is 0 Å². The van der Waals surface area contributed by atoms with Gasteiger partial charge in [0.1, 0.15) is 12.4 Å². The van der Waals surface area contributed by atoms with Gasteiger partial charge < -0.3 is 4.74 Å². The van der Waals surface area contributed by atoms with Crippen LogP contribution in [0, 0.1) is 28.6 Å². The Bertz CT molecular complexity index is 936. The highest BCUT2D eigenvalue weighted by Crippen LogP contribution is 2.17. The Hall–Kier alpha value is -3.01. The van der Waals surface area contributed by atoms with E-state index in [1.54, 1.807) is 6.07 Å². The lowest BCUT2D eigenvalue weighted by molar-refractivity contribution is 0.290. The van der Waals surface area contributed by atoms with E-state index in [-0.39, 0.29) is 5.41 Å². The standard InChI is InChI=1S/C27H32N2O/c1-5-16-29(17-8-6-7-15-27(2,3)4)21-24-12-10-14-26(19-24)30-22-25-13-9-11-23(18-25)20-28/h6,8-14,18-19H,5,16-17,21-22H2,1-4H3/b8-6+. The number of hydrogen-bond acceptors (Lipinski definition) is 3. The molecule has 156 valence electrons. The molecule has 3 heteroatoms. The first-order valence-electron chi connectivity index (χ1n) is 10.5. The molecule has 0 aliphatic carbocycles. The van der Waals surface area contributed by atoms with Crippen molar-refractivity contribution >= 4 is 0 Å². The van der Waals surface area contributed by atoms with Gasteiger partial charge in [-0.3, -0.25) is 4.90 Å². The van der Waals surface area contributed by atoms with Crippen molar-refractivity contribution in [2.24, 2.45) is 5.41 Å². The Kier molecular flexibility index (Phi) is 9.20. The van der Waals surface area contributed by atoms with Crippen LogP contribution in [0.15, 0.2) is 60.7 Å². The summed E-state index contributed by atoms with van der Waals surface area (Å²) < 4.78 is 5.96. The van der Waals surface area contributed by atoms with Crippen molar-refractivity contribution in [1.29, 1.82) is 5.26 Å². The second-order valence-corrected chi connectivity index (χ2v) is 8.41. The van der Waals surface area contributed by atoms with E-state index in [2.05, 4.69) is 68.7 Å². The van der Waals surface area contributed by atoms with E-state index in [1.807, 2.05) is 36.4 Å². The highest BCUT2D eigenvalue weighted by molar-refractivity contribution is 5.33. The van der Waals surface area contributed by atoms with Gasteiger partial charge in [0.25, 0.3) is 0 Å². The molecule has 0 saturated heterocycles. The lowest BCUT2D eigenvalue weighted by atomic mass is 9.98. The number of benzene rings is 2. The maximum absolute atomic E-state index is 9.03. The maximum atomic E-state index is 9.03. The van der Waals surface area contributed by atoms with Crippen LogP contribution in [0.3, 0.4) is 0 Å². The van der Waals surface area contributed by atoms with Crippen LogP contribution in [0.25, 0.3) is 0 Å². The molecule has 0 heterocycles. The lowest BCUT2D eigenvalue weighted by Crippen LogP contribution is -2.24. The second-order valence-electron chi connectivity index (χ2n) is 8.41. The molecule has 3 nitrogen and oxygen atoms in total. The van der Waals surface area contributed by atoms with Crippen LogP contribution in [0.2, 0.25) is 0 Å². The fourth-order valence-electron chi connectivity index (χ4n) is 2.96. The summed E-state index contributed by atoms with van der Waals surface area (Å²) in [5.74, 6) is 7.21. The van der Waals surface area contributed by atoms with Crippen molar-refractivity contribution < 1.29 is 4.74 Å². The normalized spacial score (nSPS) is 11.2. The van der Waals surface area contributed by atoms with E-state index in [0.29, 0.717) is 12.2 Å². The minimum atomic E-state index is 0.0316. The molecule has 0 N–H and O–H groups in total. The molecule has 0 saturated carbocycles. The van der Waals surface area contributed by atoms with Gasteiger partial charge in [-0.05, 0) is 75.2 Å². The van der Waals surface area contributed by atoms with E-state index in [0.717, 1.165) is 37.4 Å². The van der Waals surface area contributed by atoms with Gasteiger partial charge in [0.2, 0.25) is 0 Å². The summed E-state index contributed by atoms with van der Waals surface area (Å²) >= 11 is 0. The molecule has 2 aromatic carbocycles. The molecule has 2 aromatic rings. The third-order valence-corrected chi connectivity index (χ3v) is 4.32. The van der Waals surface area contributed by atoms with E-state index in [4.69, 9.17) is 10.00 Å². The second kappa shape index (κ2) is 11.9. The number of allylic oxidation sites excluding steroid dienone is 1. The monoisotopic (exact) mass is 400 g/mol. The van der Waals surface area contributed by atoms with Crippen LogP contribution >= 0.6 is 0 Å². The van der Waals surface area contributed by atoms with Gasteiger partial charge in [-0.2, -0.15) is 5.26 Å². The first kappa shape index (κ1) is 23.3. The Morgan fingerprint density at radius 2 is 1.83 bits per heavy atom. The Morgan fingerprint density at radius 1 is 1.07 bits per heavy atom. The largest absolute Gasteiger partial charge is 0.489 e. The molecular weight excluding hydrogens is 368 g/mol. The Morgan fingerprint density at radius 3 is 2.57 bits per heavy atom. The molecule has 2 rings (SSSR count). The zero-order valence-corrected chi connectivity index (χ0v) is 18.6. The molecule has 0 amide bonds. The zero-order valence-electron chi connectivity index (χ0n) is 18.6. The first-order valence-corrected chi connectivity index (χ1v) is 10.5. The molecule has 0 radical (unpaired) electrons. The fraction of sp³-hybridized carbons (Fsp3) is 0.370. The van der Waals surface area contributed by atoms with E-state index in [9.17, 15) is 0 Å². The van der Waals surface area contributed by atoms with Gasteiger partial charge in [0.15, 0.2) is 0 Å². The van der Waals surface area contributed by atoms with Crippen LogP contribution < -0.4 is 4.74 Å². The predicted molar refractivity (Wildman–Crippen MR) is 124 cm³/mol. The highest BCUT2D eigenvalue weighted by atomic mass is 16.5. The number of rotatable bonds is 9. The minimum Gasteiger partial charge on any atom is -0.489 e. The van der Waals surface area contributed by atoms with Gasteiger partial charge in [-0.1, -0.05) is 49.1 Å². The van der Waals surface area contributed by atoms with Crippen molar-refractivity contribution in [3.8, 4) is 23.7 Å². The number of hydrogen-bond donors (Lipinski definition) is 0. The van der Waals surface area contributed by atoms with Crippen LogP contribution in [-0.4, -0.2) is 18.0 Å². The average molecular weight is 401 g/mol. The molecule has 0 bridgehead atoms. The summed E-state index contributed by atoms with van der Waals surface area (Å²) in [6.07, 6.45) is 5.20. The van der Waals surface area contributed by atoms with Gasteiger partial charge in [0.05, 0.1) is 11.6 Å². The number of nitrogens with zero attached hydrogens (tertiary/aromatic N) is 2. The van der Waals surface area contributed by atoms with E-state index in [1.165, 1.54) is 5.56 Å². The molecular formula is C27H32N2O. The minimum absolute atomic E-state index is 0.0316. The molecule has 0 spiro atoms. The van der Waals surface area contributed by atoms with Crippen LogP contribution in [0.5, 0.6) is 5.75 Å². The highest BCUT2D eigenvalue weighted by Gasteiger charge is 2.06. The van der Waals surface area contributed by atoms with Crippen molar-refractivity contribution in [1.82, 2.24) is 4.90 Å². The smallest absolute Gasteiger partial charge is 0.120 e. The van der Waals surface area contributed by atoms with Crippen molar-refractivity contribution in [2.45, 2.75) is 47.3 Å². The number of ether oxygens (including phenoxy) is 1. The van der Waals surface area contributed by atoms with Gasteiger partial charge in [-0.25, -0.2) is 0 Å². The molecule has 0 aromatic heterocycles. The Labute approximate surface area is 182 Å². The average Bonchev–Trinajstić information content (AvgIpc) is 2.72. The van der Waals surface area contributed by atoms with E-state index >= 15 is 0 Å².